The van der Waals surface area contributed by atoms with Crippen molar-refractivity contribution in [2.75, 3.05) is 25.1 Å². The summed E-state index contributed by atoms with van der Waals surface area (Å²) in [5.41, 5.74) is 0.744. The number of hydrogen-bond donors (Lipinski definition) is 1. The lowest BCUT2D eigenvalue weighted by molar-refractivity contribution is -0.131. The summed E-state index contributed by atoms with van der Waals surface area (Å²) in [6.07, 6.45) is 4.17. The molecule has 2 rings (SSSR count). The van der Waals surface area contributed by atoms with E-state index in [4.69, 9.17) is 9.84 Å². The van der Waals surface area contributed by atoms with Gasteiger partial charge in [0.05, 0.1) is 5.60 Å². The number of benzene rings is 1. The molecule has 21 heavy (non-hydrogen) atoms. The number of aliphatic carboxylic acids is 1. The molecule has 0 spiro atoms. The zero-order chi connectivity index (χ0) is 15.5. The third-order valence-corrected chi connectivity index (χ3v) is 3.91. The maximum absolute atomic E-state index is 14.0. The molecule has 114 valence electrons. The van der Waals surface area contributed by atoms with Crippen LogP contribution in [0.3, 0.4) is 0 Å². The van der Waals surface area contributed by atoms with Gasteiger partial charge in [-0.15, -0.1) is 0 Å². The second kappa shape index (κ2) is 6.26. The van der Waals surface area contributed by atoms with Crippen LogP contribution in [0, 0.1) is 5.82 Å². The Morgan fingerprint density at radius 3 is 2.95 bits per heavy atom. The smallest absolute Gasteiger partial charge is 0.328 e. The molecule has 1 N–H and O–H groups in total. The predicted molar refractivity (Wildman–Crippen MR) is 79.9 cm³/mol. The average Bonchev–Trinajstić information content (AvgIpc) is 2.45. The molecule has 1 aliphatic rings. The van der Waals surface area contributed by atoms with E-state index in [0.717, 1.165) is 25.5 Å². The molecule has 0 aliphatic carbocycles. The second-order valence-corrected chi connectivity index (χ2v) is 5.52. The van der Waals surface area contributed by atoms with Gasteiger partial charge in [0.15, 0.2) is 0 Å². The first-order valence-electron chi connectivity index (χ1n) is 6.95. The first-order chi connectivity index (χ1) is 9.95. The third-order valence-electron chi connectivity index (χ3n) is 3.91. The summed E-state index contributed by atoms with van der Waals surface area (Å²) < 4.78 is 19.6. The molecule has 1 heterocycles. The van der Waals surface area contributed by atoms with Crippen LogP contribution in [0.4, 0.5) is 10.1 Å². The van der Waals surface area contributed by atoms with E-state index in [0.29, 0.717) is 17.8 Å². The summed E-state index contributed by atoms with van der Waals surface area (Å²) in [6.45, 7) is 3.49. The minimum atomic E-state index is -1.09. The van der Waals surface area contributed by atoms with Gasteiger partial charge in [-0.05, 0) is 38.0 Å². The van der Waals surface area contributed by atoms with Crippen molar-refractivity contribution in [3.05, 3.63) is 35.7 Å². The normalized spacial score (nSPS) is 22.7. The van der Waals surface area contributed by atoms with Crippen molar-refractivity contribution in [2.45, 2.75) is 25.4 Å². The number of carboxylic acid groups (broad SMARTS) is 1. The average molecular weight is 293 g/mol. The largest absolute Gasteiger partial charge is 0.478 e. The molecule has 1 atom stereocenters. The molecule has 0 radical (unpaired) electrons. The quantitative estimate of drug-likeness (QED) is 0.867. The first kappa shape index (κ1) is 15.5. The number of carboxylic acids is 1. The number of halogens is 1. The summed E-state index contributed by atoms with van der Waals surface area (Å²) in [6, 6.07) is 4.79. The highest BCUT2D eigenvalue weighted by Gasteiger charge is 2.31. The van der Waals surface area contributed by atoms with Gasteiger partial charge < -0.3 is 14.7 Å². The van der Waals surface area contributed by atoms with Crippen molar-refractivity contribution in [1.29, 1.82) is 0 Å². The molecule has 1 aliphatic heterocycles. The lowest BCUT2D eigenvalue weighted by atomic mass is 9.93. The molecular weight excluding hydrogens is 273 g/mol. The number of nitrogens with zero attached hydrogens (tertiary/aromatic N) is 1. The molecule has 0 bridgehead atoms. The van der Waals surface area contributed by atoms with E-state index >= 15 is 0 Å². The molecular formula is C16H20FNO3. The van der Waals surface area contributed by atoms with Crippen LogP contribution in [0.5, 0.6) is 0 Å². The van der Waals surface area contributed by atoms with Gasteiger partial charge in [0.2, 0.25) is 0 Å². The van der Waals surface area contributed by atoms with E-state index < -0.39 is 11.8 Å². The molecule has 0 amide bonds. The fourth-order valence-electron chi connectivity index (χ4n) is 2.70. The van der Waals surface area contributed by atoms with Crippen molar-refractivity contribution >= 4 is 17.7 Å². The predicted octanol–water partition coefficient (Wildman–Crippen LogP) is 2.93. The minimum Gasteiger partial charge on any atom is -0.478 e. The number of ether oxygens (including phenoxy) is 1. The Morgan fingerprint density at radius 2 is 2.29 bits per heavy atom. The van der Waals surface area contributed by atoms with Crippen molar-refractivity contribution in [2.24, 2.45) is 0 Å². The van der Waals surface area contributed by atoms with Gasteiger partial charge in [0.1, 0.15) is 5.82 Å². The number of rotatable bonds is 4. The maximum Gasteiger partial charge on any atom is 0.328 e. The maximum atomic E-state index is 14.0. The Hall–Kier alpha value is -1.88. The second-order valence-electron chi connectivity index (χ2n) is 5.52. The summed E-state index contributed by atoms with van der Waals surface area (Å²) in [4.78, 5) is 12.7. The van der Waals surface area contributed by atoms with Crippen LogP contribution in [0.25, 0.3) is 6.08 Å². The Morgan fingerprint density at radius 1 is 1.52 bits per heavy atom. The van der Waals surface area contributed by atoms with Crippen LogP contribution in [-0.2, 0) is 9.53 Å². The van der Waals surface area contributed by atoms with Crippen LogP contribution in [0.15, 0.2) is 24.3 Å². The van der Waals surface area contributed by atoms with Gasteiger partial charge >= 0.3 is 5.97 Å². The topological polar surface area (TPSA) is 49.8 Å². The molecule has 0 aromatic heterocycles. The Bertz CT molecular complexity index is 558. The number of methoxy groups -OCH3 is 1. The lowest BCUT2D eigenvalue weighted by Crippen LogP contribution is -2.47. The van der Waals surface area contributed by atoms with Crippen molar-refractivity contribution in [3.63, 3.8) is 0 Å². The van der Waals surface area contributed by atoms with Gasteiger partial charge in [0.25, 0.3) is 0 Å². The summed E-state index contributed by atoms with van der Waals surface area (Å²) in [5.74, 6) is -1.51. The van der Waals surface area contributed by atoms with Crippen LogP contribution in [0.1, 0.15) is 25.3 Å². The highest BCUT2D eigenvalue weighted by molar-refractivity contribution is 5.87. The Kier molecular flexibility index (Phi) is 4.63. The molecule has 1 saturated heterocycles. The van der Waals surface area contributed by atoms with Crippen LogP contribution in [0.2, 0.25) is 0 Å². The Labute approximate surface area is 123 Å². The van der Waals surface area contributed by atoms with Gasteiger partial charge in [0, 0.05) is 37.5 Å². The zero-order valence-electron chi connectivity index (χ0n) is 12.3. The van der Waals surface area contributed by atoms with Gasteiger partial charge in [-0.1, -0.05) is 6.07 Å². The molecule has 4 nitrogen and oxygen atoms in total. The number of carbonyl (C=O) groups is 1. The number of piperidine rings is 1. The van der Waals surface area contributed by atoms with Gasteiger partial charge in [-0.25, -0.2) is 9.18 Å². The molecule has 1 aromatic rings. The van der Waals surface area contributed by atoms with Gasteiger partial charge in [-0.2, -0.15) is 0 Å². The SMILES string of the molecule is COC1(C)CCCN(c2cccc(F)c2/C=C/C(=O)O)C1. The first-order valence-corrected chi connectivity index (χ1v) is 6.95. The van der Waals surface area contributed by atoms with E-state index in [2.05, 4.69) is 4.90 Å². The van der Waals surface area contributed by atoms with Crippen molar-refractivity contribution in [3.8, 4) is 0 Å². The molecule has 5 heteroatoms. The Balaban J connectivity index is 2.35. The molecule has 1 aromatic carbocycles. The molecule has 0 saturated carbocycles. The van der Waals surface area contributed by atoms with E-state index in [-0.39, 0.29) is 5.60 Å². The van der Waals surface area contributed by atoms with Gasteiger partial charge in [-0.3, -0.25) is 0 Å². The highest BCUT2D eigenvalue weighted by Crippen LogP contribution is 2.31. The van der Waals surface area contributed by atoms with E-state index in [1.54, 1.807) is 13.2 Å². The zero-order valence-corrected chi connectivity index (χ0v) is 12.3. The number of anilines is 1. The summed E-state index contributed by atoms with van der Waals surface area (Å²) in [7, 11) is 1.68. The van der Waals surface area contributed by atoms with E-state index in [1.807, 2.05) is 13.0 Å². The molecule has 1 fully saturated rings. The van der Waals surface area contributed by atoms with Crippen LogP contribution < -0.4 is 4.90 Å². The minimum absolute atomic E-state index is 0.266. The monoisotopic (exact) mass is 293 g/mol. The molecule has 1 unspecified atom stereocenters. The number of hydrogen-bond acceptors (Lipinski definition) is 3. The summed E-state index contributed by atoms with van der Waals surface area (Å²) >= 11 is 0. The standard InChI is InChI=1S/C16H20FNO3/c1-16(21-2)9-4-10-18(11-16)14-6-3-5-13(17)12(14)7-8-15(19)20/h3,5-8H,4,9-11H2,1-2H3,(H,19,20)/b8-7+. The van der Waals surface area contributed by atoms with Crippen molar-refractivity contribution in [1.82, 2.24) is 0 Å². The highest BCUT2D eigenvalue weighted by atomic mass is 19.1. The van der Waals surface area contributed by atoms with Crippen LogP contribution in [-0.4, -0.2) is 36.9 Å². The van der Waals surface area contributed by atoms with Crippen molar-refractivity contribution < 1.29 is 19.0 Å². The van der Waals surface area contributed by atoms with E-state index in [1.165, 1.54) is 12.1 Å². The fraction of sp³-hybridized carbons (Fsp3) is 0.438. The lowest BCUT2D eigenvalue weighted by Gasteiger charge is -2.41. The fourth-order valence-corrected chi connectivity index (χ4v) is 2.70. The third kappa shape index (κ3) is 3.61. The summed E-state index contributed by atoms with van der Waals surface area (Å²) in [5, 5.41) is 8.75. The van der Waals surface area contributed by atoms with E-state index in [9.17, 15) is 9.18 Å². The van der Waals surface area contributed by atoms with Crippen LogP contribution >= 0.6 is 0 Å².